The first-order valence-corrected chi connectivity index (χ1v) is 11.5. The number of benzene rings is 2. The van der Waals surface area contributed by atoms with Gasteiger partial charge in [-0.15, -0.1) is 0 Å². The molecule has 2 aromatic carbocycles. The highest BCUT2D eigenvalue weighted by Crippen LogP contribution is 2.27. The maximum atomic E-state index is 12.7. The Morgan fingerprint density at radius 1 is 1.15 bits per heavy atom. The topological polar surface area (TPSA) is 74.2 Å². The Morgan fingerprint density at radius 2 is 1.91 bits per heavy atom. The van der Waals surface area contributed by atoms with Gasteiger partial charge in [-0.25, -0.2) is 9.48 Å². The van der Waals surface area contributed by atoms with E-state index in [1.807, 2.05) is 18.2 Å². The SMILES string of the molecule is CC(C)(C)c1cc(NC(=O)Nc2ccc(Cl)cc2)n(-c2cccc(CN3CNCC3=S)c2)n1. The van der Waals surface area contributed by atoms with Crippen LogP contribution in [0.15, 0.2) is 54.6 Å². The fourth-order valence-corrected chi connectivity index (χ4v) is 3.85. The molecule has 3 aromatic rings. The van der Waals surface area contributed by atoms with Crippen LogP contribution in [-0.2, 0) is 12.0 Å². The fourth-order valence-electron chi connectivity index (χ4n) is 3.49. The van der Waals surface area contributed by atoms with Crippen molar-refractivity contribution in [2.45, 2.75) is 32.7 Å². The zero-order valence-electron chi connectivity index (χ0n) is 18.9. The number of aromatic nitrogens is 2. The molecule has 0 aliphatic carbocycles. The lowest BCUT2D eigenvalue weighted by atomic mass is 9.92. The Morgan fingerprint density at radius 3 is 2.58 bits per heavy atom. The second kappa shape index (κ2) is 9.51. The largest absolute Gasteiger partial charge is 0.348 e. The van der Waals surface area contributed by atoms with E-state index in [0.717, 1.165) is 35.1 Å². The molecular formula is C24H27ClN6OS. The van der Waals surface area contributed by atoms with Gasteiger partial charge in [-0.3, -0.25) is 10.6 Å². The van der Waals surface area contributed by atoms with Gasteiger partial charge in [-0.2, -0.15) is 5.10 Å². The van der Waals surface area contributed by atoms with E-state index in [2.05, 4.69) is 53.8 Å². The van der Waals surface area contributed by atoms with Crippen molar-refractivity contribution < 1.29 is 4.79 Å². The number of carbonyl (C=O) groups excluding carboxylic acids is 1. The number of hydrogen-bond acceptors (Lipinski definition) is 4. The summed E-state index contributed by atoms with van der Waals surface area (Å²) in [7, 11) is 0. The number of carbonyl (C=O) groups is 1. The first-order chi connectivity index (χ1) is 15.7. The van der Waals surface area contributed by atoms with Gasteiger partial charge in [-0.1, -0.05) is 56.7 Å². The quantitative estimate of drug-likeness (QED) is 0.438. The monoisotopic (exact) mass is 482 g/mol. The van der Waals surface area contributed by atoms with Crippen LogP contribution in [0.25, 0.3) is 5.69 Å². The Kier molecular flexibility index (Phi) is 6.69. The van der Waals surface area contributed by atoms with Crippen molar-refractivity contribution in [3.8, 4) is 5.69 Å². The number of amides is 2. The van der Waals surface area contributed by atoms with Crippen LogP contribution >= 0.6 is 23.8 Å². The average molecular weight is 483 g/mol. The zero-order chi connectivity index (χ0) is 23.6. The van der Waals surface area contributed by atoms with E-state index in [-0.39, 0.29) is 11.4 Å². The summed E-state index contributed by atoms with van der Waals surface area (Å²) in [5.41, 5.74) is 3.32. The third-order valence-electron chi connectivity index (χ3n) is 5.28. The minimum atomic E-state index is -0.358. The molecule has 33 heavy (non-hydrogen) atoms. The van der Waals surface area contributed by atoms with Gasteiger partial charge in [0.15, 0.2) is 0 Å². The molecule has 1 aliphatic heterocycles. The van der Waals surface area contributed by atoms with E-state index < -0.39 is 0 Å². The van der Waals surface area contributed by atoms with Gasteiger partial charge < -0.3 is 10.2 Å². The van der Waals surface area contributed by atoms with Crippen molar-refractivity contribution in [1.29, 1.82) is 0 Å². The Hall–Kier alpha value is -2.94. The van der Waals surface area contributed by atoms with E-state index in [9.17, 15) is 4.79 Å². The predicted molar refractivity (Wildman–Crippen MR) is 137 cm³/mol. The Labute approximate surface area is 204 Å². The van der Waals surface area contributed by atoms with Crippen molar-refractivity contribution in [2.24, 2.45) is 0 Å². The molecule has 0 spiro atoms. The number of anilines is 2. The van der Waals surface area contributed by atoms with Crippen molar-refractivity contribution in [2.75, 3.05) is 23.8 Å². The average Bonchev–Trinajstić information content (AvgIpc) is 3.36. The van der Waals surface area contributed by atoms with Gasteiger partial charge in [0, 0.05) is 35.3 Å². The van der Waals surface area contributed by atoms with Crippen LogP contribution in [0, 0.1) is 0 Å². The van der Waals surface area contributed by atoms with Crippen LogP contribution in [0.4, 0.5) is 16.3 Å². The van der Waals surface area contributed by atoms with Crippen molar-refractivity contribution in [1.82, 2.24) is 20.0 Å². The van der Waals surface area contributed by atoms with Gasteiger partial charge in [-0.05, 0) is 42.0 Å². The highest BCUT2D eigenvalue weighted by Gasteiger charge is 2.22. The molecule has 1 saturated heterocycles. The molecule has 7 nitrogen and oxygen atoms in total. The number of nitrogens with one attached hydrogen (secondary N) is 3. The molecule has 9 heteroatoms. The van der Waals surface area contributed by atoms with Crippen LogP contribution in [0.2, 0.25) is 5.02 Å². The lowest BCUT2D eigenvalue weighted by Gasteiger charge is -2.18. The molecule has 0 bridgehead atoms. The zero-order valence-corrected chi connectivity index (χ0v) is 20.4. The Balaban J connectivity index is 1.60. The highest BCUT2D eigenvalue weighted by molar-refractivity contribution is 7.80. The maximum Gasteiger partial charge on any atom is 0.324 e. The summed E-state index contributed by atoms with van der Waals surface area (Å²) in [6.07, 6.45) is 0. The summed E-state index contributed by atoms with van der Waals surface area (Å²) in [6.45, 7) is 8.47. The van der Waals surface area contributed by atoms with Gasteiger partial charge in [0.05, 0.1) is 23.0 Å². The Bertz CT molecular complexity index is 1170. The number of halogens is 1. The summed E-state index contributed by atoms with van der Waals surface area (Å²) < 4.78 is 1.77. The van der Waals surface area contributed by atoms with Crippen molar-refractivity contribution >= 4 is 46.3 Å². The number of urea groups is 1. The summed E-state index contributed by atoms with van der Waals surface area (Å²) in [4.78, 5) is 15.8. The van der Waals surface area contributed by atoms with Crippen LogP contribution < -0.4 is 16.0 Å². The van der Waals surface area contributed by atoms with Crippen LogP contribution in [0.5, 0.6) is 0 Å². The smallest absolute Gasteiger partial charge is 0.324 e. The van der Waals surface area contributed by atoms with Crippen LogP contribution in [-0.4, -0.2) is 38.9 Å². The summed E-state index contributed by atoms with van der Waals surface area (Å²) in [5, 5.41) is 14.5. The molecule has 0 radical (unpaired) electrons. The normalized spacial score (nSPS) is 13.9. The number of thiocarbonyl (C=S) groups is 1. The lowest BCUT2D eigenvalue weighted by Crippen LogP contribution is -2.24. The second-order valence-corrected chi connectivity index (χ2v) is 9.92. The van der Waals surface area contributed by atoms with Crippen molar-refractivity contribution in [3.05, 3.63) is 70.9 Å². The molecule has 172 valence electrons. The van der Waals surface area contributed by atoms with E-state index in [0.29, 0.717) is 23.1 Å². The van der Waals surface area contributed by atoms with Gasteiger partial charge in [0.1, 0.15) is 5.82 Å². The van der Waals surface area contributed by atoms with Gasteiger partial charge in [0.25, 0.3) is 0 Å². The second-order valence-electron chi connectivity index (χ2n) is 9.01. The van der Waals surface area contributed by atoms with E-state index in [1.165, 1.54) is 0 Å². The van der Waals surface area contributed by atoms with Crippen LogP contribution in [0.3, 0.4) is 0 Å². The molecule has 3 N–H and O–H groups in total. The molecule has 2 heterocycles. The molecule has 2 amide bonds. The van der Waals surface area contributed by atoms with E-state index >= 15 is 0 Å². The number of nitrogens with zero attached hydrogens (tertiary/aromatic N) is 3. The minimum Gasteiger partial charge on any atom is -0.348 e. The summed E-state index contributed by atoms with van der Waals surface area (Å²) >= 11 is 11.4. The molecule has 1 aliphatic rings. The first-order valence-electron chi connectivity index (χ1n) is 10.7. The van der Waals surface area contributed by atoms with E-state index in [4.69, 9.17) is 28.9 Å². The molecule has 0 unspecified atom stereocenters. The number of rotatable bonds is 5. The minimum absolute atomic E-state index is 0.181. The molecule has 1 fully saturated rings. The first kappa shape index (κ1) is 23.2. The molecule has 0 atom stereocenters. The fraction of sp³-hybridized carbons (Fsp3) is 0.292. The maximum absolute atomic E-state index is 12.7. The summed E-state index contributed by atoms with van der Waals surface area (Å²) in [6, 6.07) is 16.6. The van der Waals surface area contributed by atoms with Gasteiger partial charge >= 0.3 is 6.03 Å². The molecule has 4 rings (SSSR count). The van der Waals surface area contributed by atoms with Crippen LogP contribution in [0.1, 0.15) is 32.0 Å². The lowest BCUT2D eigenvalue weighted by molar-refractivity contribution is 0.262. The van der Waals surface area contributed by atoms with Crippen molar-refractivity contribution in [3.63, 3.8) is 0 Å². The molecule has 1 aromatic heterocycles. The molecule has 0 saturated carbocycles. The van der Waals surface area contributed by atoms with E-state index in [1.54, 1.807) is 28.9 Å². The third-order valence-corrected chi connectivity index (χ3v) is 5.94. The molecular weight excluding hydrogens is 456 g/mol. The van der Waals surface area contributed by atoms with Gasteiger partial charge in [0.2, 0.25) is 0 Å². The summed E-state index contributed by atoms with van der Waals surface area (Å²) in [5.74, 6) is 0.585. The number of hydrogen-bond donors (Lipinski definition) is 3. The predicted octanol–water partition coefficient (Wildman–Crippen LogP) is 5.16. The third kappa shape index (κ3) is 5.71. The highest BCUT2D eigenvalue weighted by atomic mass is 35.5. The standard InChI is InChI=1S/C24H27ClN6OS/c1-24(2,3)20-12-21(28-23(32)27-18-9-7-17(25)8-10-18)31(29-20)19-6-4-5-16(11-19)14-30-15-26-13-22(30)33/h4-12,26H,13-15H2,1-3H3,(H2,27,28,32).